The van der Waals surface area contributed by atoms with E-state index >= 15 is 0 Å². The second kappa shape index (κ2) is 62.6. The number of unbranched alkanes of at least 4 members (excludes halogenated alkanes) is 18. The Morgan fingerprint density at radius 3 is 0.836 bits per heavy atom. The van der Waals surface area contributed by atoms with Gasteiger partial charge in [0.1, 0.15) is 52.7 Å². The van der Waals surface area contributed by atoms with E-state index in [-0.39, 0.29) is 130 Å². The number of likely N-dealkylation sites (N-methyl/N-ethyl adjacent to an activating group) is 2. The van der Waals surface area contributed by atoms with Crippen LogP contribution in [-0.4, -0.2) is 282 Å². The molecule has 0 rings (SSSR count). The second-order valence-corrected chi connectivity index (χ2v) is 47.6. The van der Waals surface area contributed by atoms with Crippen molar-refractivity contribution in [2.24, 2.45) is 43.3 Å². The van der Waals surface area contributed by atoms with Gasteiger partial charge in [0, 0.05) is 34.8 Å². The summed E-state index contributed by atoms with van der Waals surface area (Å²) >= 11 is 0. The average molecular weight is 1930 g/mol. The Morgan fingerprint density at radius 1 is 0.328 bits per heavy atom. The minimum Gasteiger partial charge on any atom is -0.465 e. The first kappa shape index (κ1) is 128. The molecule has 128 heavy (non-hydrogen) atoms. The topological polar surface area (TPSA) is 482 Å². The molecule has 0 aromatic carbocycles. The number of phosphoric acid groups is 2. The standard InChI is InChI=1S/C46H90NO16PSi.C43H84NO16PSi.H2O.H2/c1-15-17-18-19-20-21-22-23-24-25-28-59-41(51)46(8,36-44(6,16-2)40(50)60-31-32-63-64(53,54)62-30-27-47(9,10)11)37-45(7,42(52)61-34-38(3)48)35-43(4,5)39(49)58-29-26-33-65(55-12,56-13)57-14;1-12-14-15-16-17-18-19-20-21-22-25-56-38(48)43(8,33-41(6,13-2)37(47)57-28-29-60-61(50,51)59-27-24-44(9,10)11)34-42(7,39(49)58-31-35(3)45)32-40(4,5)36(46)55-26-23-30-62(52,53)54;;/h38,48H,15-37H2,1-14H3;35,45,52-54H,12-34H2,1-11H3;1H2;1H/p+2/i;;;1+1. The maximum absolute atomic E-state index is 14.5. The fraction of sp³-hybridized carbons (Fsp3) is 0.910. The van der Waals surface area contributed by atoms with E-state index < -0.39 is 156 Å². The van der Waals surface area contributed by atoms with Gasteiger partial charge in [-0.15, -0.1) is 0 Å². The molecule has 0 bridgehead atoms. The van der Waals surface area contributed by atoms with Crippen molar-refractivity contribution in [2.45, 2.75) is 328 Å². The van der Waals surface area contributed by atoms with Crippen LogP contribution in [0.15, 0.2) is 0 Å². The van der Waals surface area contributed by atoms with Gasteiger partial charge in [0.2, 0.25) is 0 Å². The van der Waals surface area contributed by atoms with Gasteiger partial charge in [-0.2, -0.15) is 0 Å². The lowest BCUT2D eigenvalue weighted by atomic mass is 9.61. The van der Waals surface area contributed by atoms with E-state index in [9.17, 15) is 81.9 Å². The predicted octanol–water partition coefficient (Wildman–Crippen LogP) is 13.8. The largest absolute Gasteiger partial charge is 0.500 e. The molecule has 0 heterocycles. The van der Waals surface area contributed by atoms with Crippen LogP contribution in [0.3, 0.4) is 0 Å². The van der Waals surface area contributed by atoms with Crippen LogP contribution >= 0.6 is 15.6 Å². The molecule has 760 valence electrons. The molecule has 35 nitrogen and oxygen atoms in total. The lowest BCUT2D eigenvalue weighted by molar-refractivity contribution is -0.870. The van der Waals surface area contributed by atoms with Crippen molar-refractivity contribution in [2.75, 3.05) is 156 Å². The summed E-state index contributed by atoms with van der Waals surface area (Å²) in [6.07, 6.45) is 19.4. The van der Waals surface area contributed by atoms with Crippen molar-refractivity contribution < 1.29 is 167 Å². The van der Waals surface area contributed by atoms with Gasteiger partial charge in [-0.1, -0.05) is 143 Å². The fourth-order valence-corrected chi connectivity index (χ4v) is 19.1. The van der Waals surface area contributed by atoms with Crippen molar-refractivity contribution in [1.29, 1.82) is 0 Å². The summed E-state index contributed by atoms with van der Waals surface area (Å²) in [5, 5.41) is 20.1. The van der Waals surface area contributed by atoms with Crippen LogP contribution in [0.25, 0.3) is 0 Å². The number of carbonyl (C=O) groups is 8. The van der Waals surface area contributed by atoms with E-state index in [0.29, 0.717) is 47.4 Å². The summed E-state index contributed by atoms with van der Waals surface area (Å²) in [4.78, 5) is 160. The quantitative estimate of drug-likeness (QED) is 0.00742. The number of esters is 8. The van der Waals surface area contributed by atoms with E-state index in [1.54, 1.807) is 76.2 Å². The number of aliphatic hydroxyl groups excluding tert-OH is 2. The van der Waals surface area contributed by atoms with Crippen molar-refractivity contribution in [3.63, 3.8) is 0 Å². The Balaban J connectivity index is -0.00000119. The number of hydrogen-bond acceptors (Lipinski definition) is 30. The molecule has 0 aromatic rings. The highest BCUT2D eigenvalue weighted by Crippen LogP contribution is 2.53. The molecule has 0 radical (unpaired) electrons. The van der Waals surface area contributed by atoms with Gasteiger partial charge >= 0.3 is 81.0 Å². The molecule has 10 unspecified atom stereocenters. The Morgan fingerprint density at radius 2 is 0.562 bits per heavy atom. The molecule has 0 aliphatic heterocycles. The molecule has 0 spiro atoms. The number of quaternary nitrogens is 2. The first-order chi connectivity index (χ1) is 58.6. The molecule has 39 heteroatoms. The van der Waals surface area contributed by atoms with E-state index in [1.165, 1.54) is 106 Å². The summed E-state index contributed by atoms with van der Waals surface area (Å²) in [5.41, 5.74) is -11.6. The van der Waals surface area contributed by atoms with Crippen LogP contribution in [0.5, 0.6) is 0 Å². The van der Waals surface area contributed by atoms with Gasteiger partial charge < -0.3 is 100 Å². The van der Waals surface area contributed by atoms with Crippen LogP contribution < -0.4 is 0 Å². The van der Waals surface area contributed by atoms with Crippen molar-refractivity contribution in [3.05, 3.63) is 0 Å². The number of rotatable bonds is 75. The third-order valence-corrected chi connectivity index (χ3v) is 28.5. The highest BCUT2D eigenvalue weighted by atomic mass is 31.2. The lowest BCUT2D eigenvalue weighted by Crippen LogP contribution is -2.47. The van der Waals surface area contributed by atoms with E-state index in [0.717, 1.165) is 51.4 Å². The fourth-order valence-electron chi connectivity index (χ4n) is 15.4. The summed E-state index contributed by atoms with van der Waals surface area (Å²) in [5.74, 6) is -5.59. The zero-order valence-electron chi connectivity index (χ0n) is 83.3. The summed E-state index contributed by atoms with van der Waals surface area (Å²) in [6.45, 7) is 25.4. The normalized spacial score (nSPS) is 16.6. The Kier molecular flexibility index (Phi) is 62.6. The Labute approximate surface area is 771 Å². The van der Waals surface area contributed by atoms with Crippen molar-refractivity contribution >= 4 is 81.0 Å². The minimum atomic E-state index is -4.43. The molecular formula is C89H180N2O33P2Si2+2. The molecule has 9 N–H and O–H groups in total. The minimum absolute atomic E-state index is 0. The highest BCUT2D eigenvalue weighted by Gasteiger charge is 2.56. The lowest BCUT2D eigenvalue weighted by Gasteiger charge is -2.42. The summed E-state index contributed by atoms with van der Waals surface area (Å²) < 4.78 is 108. The van der Waals surface area contributed by atoms with Crippen LogP contribution in [-0.2, 0) is 117 Å². The molecule has 0 aliphatic carbocycles. The molecule has 0 amide bonds. The molecule has 0 saturated heterocycles. The number of hydrogen-bond donors (Lipinski definition) is 7. The molecule has 10 atom stereocenters. The van der Waals surface area contributed by atoms with Gasteiger partial charge in [0.05, 0.1) is 137 Å². The third-order valence-electron chi connectivity index (χ3n) is 22.6. The molecule has 0 saturated carbocycles. The number of carbonyl (C=O) groups excluding carboxylic acids is 8. The molecule has 0 aromatic heterocycles. The van der Waals surface area contributed by atoms with Gasteiger partial charge in [-0.25, -0.2) is 9.13 Å². The van der Waals surface area contributed by atoms with Crippen LogP contribution in [0.1, 0.15) is 305 Å². The third kappa shape index (κ3) is 55.7. The zero-order chi connectivity index (χ0) is 97.9. The second-order valence-electron chi connectivity index (χ2n) is 39.5. The SMILES string of the molecule is CCCCCCCCCCCCOC(=O)C(C)(CC(C)(CC)C(=O)OCCOP(=O)(O)OCC[N+](C)(C)C)CC(C)(CC(C)(C)C(=O)OCCC[Si](O)(O)O)C(=O)OCC(C)O.CCCCCCCCCCCCOC(=O)C(C)(CC(C)(CC)C(=O)OCCOP(=O)(O)OCC[N+](C)(C)C)CC(C)(CC(C)(C)C(=O)OCCC[Si](OC)(OC)OC)C(=O)OCC(C)O.O.[2HH]. The maximum atomic E-state index is 14.5. The first-order valence-corrected chi connectivity index (χ1v) is 53.0. The Hall–Kier alpha value is -4.03. The van der Waals surface area contributed by atoms with Crippen molar-refractivity contribution in [1.82, 2.24) is 0 Å². The first-order valence-electron chi connectivity index (χ1n) is 46.0. The number of nitrogens with zero attached hydrogens (tertiary/aromatic N) is 2. The number of phosphoric ester groups is 2. The molecular weight excluding hydrogens is 1740 g/mol. The maximum Gasteiger partial charge on any atom is 0.500 e. The smallest absolute Gasteiger partial charge is 0.465 e. The molecule has 0 fully saturated rings. The summed E-state index contributed by atoms with van der Waals surface area (Å²) in [7, 11) is -0.203. The number of ether oxygens (including phenoxy) is 8. The predicted molar refractivity (Wildman–Crippen MR) is 492 cm³/mol. The van der Waals surface area contributed by atoms with Gasteiger partial charge in [0.15, 0.2) is 0 Å². The average Bonchev–Trinajstić information content (AvgIpc) is 0.772. The van der Waals surface area contributed by atoms with Crippen LogP contribution in [0.2, 0.25) is 12.1 Å². The van der Waals surface area contributed by atoms with Crippen LogP contribution in [0.4, 0.5) is 0 Å². The van der Waals surface area contributed by atoms with Crippen molar-refractivity contribution in [3.8, 4) is 0 Å². The summed E-state index contributed by atoms with van der Waals surface area (Å²) in [6, 6.07) is 0.0514. The van der Waals surface area contributed by atoms with Gasteiger partial charge in [-0.05, 0) is 160 Å². The van der Waals surface area contributed by atoms with Crippen LogP contribution in [0, 0.1) is 43.3 Å². The molecule has 0 aliphatic rings. The zero-order valence-corrected chi connectivity index (χ0v) is 87.1. The monoisotopic (exact) mass is 1920 g/mol. The highest BCUT2D eigenvalue weighted by molar-refractivity contribution is 7.47. The van der Waals surface area contributed by atoms with E-state index in [4.69, 9.17) is 69.3 Å². The number of aliphatic hydroxyl groups is 2. The van der Waals surface area contributed by atoms with Gasteiger partial charge in [0.25, 0.3) is 0 Å². The van der Waals surface area contributed by atoms with E-state index in [1.807, 2.05) is 42.3 Å². The van der Waals surface area contributed by atoms with Gasteiger partial charge in [-0.3, -0.25) is 56.5 Å². The van der Waals surface area contributed by atoms with E-state index in [2.05, 4.69) is 13.8 Å². The Bertz CT molecular complexity index is 3240.